The first-order chi connectivity index (χ1) is 2.91. The van der Waals surface area contributed by atoms with E-state index in [2.05, 4.69) is 12.3 Å². The summed E-state index contributed by atoms with van der Waals surface area (Å²) in [4.78, 5) is 3.62. The van der Waals surface area contributed by atoms with E-state index in [1.807, 2.05) is 4.97 Å². The molecule has 6 heavy (non-hydrogen) atoms. The van der Waals surface area contributed by atoms with E-state index in [0.717, 1.165) is 0 Å². The van der Waals surface area contributed by atoms with Crippen molar-refractivity contribution >= 4 is 15.0 Å². The van der Waals surface area contributed by atoms with Crippen LogP contribution >= 0.6 is 0 Å². The summed E-state index contributed by atoms with van der Waals surface area (Å²) in [5, 5.41) is 7.88. The second-order valence-electron chi connectivity index (χ2n) is 0.531. The van der Waals surface area contributed by atoms with Crippen LogP contribution in [0.25, 0.3) is 0 Å². The van der Waals surface area contributed by atoms with Gasteiger partial charge in [-0.05, 0) is 0 Å². The van der Waals surface area contributed by atoms with Crippen molar-refractivity contribution in [1.82, 2.24) is 0 Å². The Kier molecular flexibility index (Phi) is 4.17. The Morgan fingerprint density at radius 2 is 2.50 bits per heavy atom. The quantitative estimate of drug-likeness (QED) is 0.387. The maximum absolute atomic E-state index is 7.88. The molecule has 0 heterocycles. The van der Waals surface area contributed by atoms with Crippen LogP contribution in [0.3, 0.4) is 0 Å². The molecule has 1 nitrogen and oxygen atoms in total. The van der Waals surface area contributed by atoms with Gasteiger partial charge in [0, 0.05) is 0 Å². The SMILES string of the molecule is C=C=C[Se]C#N. The minimum atomic E-state index is -0.0260. The Bertz CT molecular complexity index is 105. The van der Waals surface area contributed by atoms with Crippen LogP contribution < -0.4 is 0 Å². The Labute approximate surface area is 43.1 Å². The predicted octanol–water partition coefficient (Wildman–Crippen LogP) is 0.470. The standard InChI is InChI=1S/C4H3NSe/c1-2-3-6-4-5/h3H,1H2. The fourth-order valence-corrected chi connectivity index (χ4v) is 0.353. The fraction of sp³-hybridized carbons (Fsp3) is 0. The van der Waals surface area contributed by atoms with E-state index in [9.17, 15) is 0 Å². The number of rotatable bonds is 1. The third kappa shape index (κ3) is 3.53. The Hall–Kier alpha value is -0.471. The predicted molar refractivity (Wildman–Crippen MR) is 25.1 cm³/mol. The molecular formula is C4H3NSe. The van der Waals surface area contributed by atoms with Gasteiger partial charge in [0.15, 0.2) is 0 Å². The van der Waals surface area contributed by atoms with Gasteiger partial charge in [0.2, 0.25) is 0 Å². The first-order valence-corrected chi connectivity index (χ1v) is 3.15. The average molecular weight is 144 g/mol. The molecule has 0 amide bonds. The van der Waals surface area contributed by atoms with Crippen LogP contribution in [0.4, 0.5) is 0 Å². The molecule has 0 N–H and O–H groups in total. The molecule has 0 aliphatic heterocycles. The summed E-state index contributed by atoms with van der Waals surface area (Å²) in [5.41, 5.74) is 2.50. The van der Waals surface area contributed by atoms with Crippen molar-refractivity contribution < 1.29 is 0 Å². The molecule has 0 saturated heterocycles. The van der Waals surface area contributed by atoms with Gasteiger partial charge in [0.25, 0.3) is 0 Å². The second-order valence-corrected chi connectivity index (χ2v) is 1.90. The monoisotopic (exact) mass is 145 g/mol. The topological polar surface area (TPSA) is 23.8 Å². The molecule has 0 fully saturated rings. The third-order valence-corrected chi connectivity index (χ3v) is 1.01. The summed E-state index contributed by atoms with van der Waals surface area (Å²) in [6.45, 7) is 3.28. The summed E-state index contributed by atoms with van der Waals surface area (Å²) in [6, 6.07) is 0. The summed E-state index contributed by atoms with van der Waals surface area (Å²) in [6.07, 6.45) is 0. The summed E-state index contributed by atoms with van der Waals surface area (Å²) >= 11 is -0.0260. The molecule has 0 aliphatic carbocycles. The van der Waals surface area contributed by atoms with Crippen molar-refractivity contribution in [1.29, 1.82) is 5.26 Å². The zero-order valence-corrected chi connectivity index (χ0v) is 4.85. The first-order valence-electron chi connectivity index (χ1n) is 1.31. The summed E-state index contributed by atoms with van der Waals surface area (Å²) in [7, 11) is 0. The normalized spacial score (nSPS) is 5.17. The summed E-state index contributed by atoms with van der Waals surface area (Å²) < 4.78 is 0. The molecule has 0 atom stereocenters. The first kappa shape index (κ1) is 5.53. The Morgan fingerprint density at radius 1 is 1.83 bits per heavy atom. The molecule has 30 valence electrons. The van der Waals surface area contributed by atoms with Crippen LogP contribution in [0.2, 0.25) is 0 Å². The molecule has 0 aromatic carbocycles. The zero-order chi connectivity index (χ0) is 4.83. The molecule has 0 rings (SSSR count). The van der Waals surface area contributed by atoms with Gasteiger partial charge in [0.05, 0.1) is 0 Å². The van der Waals surface area contributed by atoms with Crippen LogP contribution in [-0.2, 0) is 0 Å². The number of hydrogen-bond donors (Lipinski definition) is 0. The number of nitrogens with zero attached hydrogens (tertiary/aromatic N) is 1. The zero-order valence-electron chi connectivity index (χ0n) is 3.14. The molecule has 0 bridgehead atoms. The molecule has 0 aliphatic rings. The van der Waals surface area contributed by atoms with Gasteiger partial charge >= 0.3 is 42.5 Å². The fourth-order valence-electron chi connectivity index (χ4n) is 0.0680. The van der Waals surface area contributed by atoms with Gasteiger partial charge in [-0.2, -0.15) is 0 Å². The van der Waals surface area contributed by atoms with E-state index in [1.165, 1.54) is 0 Å². The minimum absolute atomic E-state index is 0.0260. The van der Waals surface area contributed by atoms with E-state index >= 15 is 0 Å². The van der Waals surface area contributed by atoms with E-state index < -0.39 is 0 Å². The number of nitriles is 1. The maximum atomic E-state index is 7.88. The molecule has 0 spiro atoms. The van der Waals surface area contributed by atoms with E-state index in [4.69, 9.17) is 5.26 Å². The van der Waals surface area contributed by atoms with Crippen molar-refractivity contribution in [2.45, 2.75) is 0 Å². The van der Waals surface area contributed by atoms with Gasteiger partial charge in [0.1, 0.15) is 0 Å². The Morgan fingerprint density at radius 3 is 2.67 bits per heavy atom. The third-order valence-electron chi connectivity index (χ3n) is 0.195. The van der Waals surface area contributed by atoms with Crippen LogP contribution in [-0.4, -0.2) is 15.0 Å². The van der Waals surface area contributed by atoms with Crippen molar-refractivity contribution in [3.63, 3.8) is 0 Å². The van der Waals surface area contributed by atoms with Gasteiger partial charge in [-0.3, -0.25) is 0 Å². The molecular weight excluding hydrogens is 141 g/mol. The van der Waals surface area contributed by atoms with E-state index in [-0.39, 0.29) is 15.0 Å². The van der Waals surface area contributed by atoms with Crippen molar-refractivity contribution in [2.75, 3.05) is 0 Å². The van der Waals surface area contributed by atoms with Crippen LogP contribution in [0.5, 0.6) is 0 Å². The van der Waals surface area contributed by atoms with Gasteiger partial charge in [-0.25, -0.2) is 0 Å². The van der Waals surface area contributed by atoms with Crippen LogP contribution in [0, 0.1) is 10.2 Å². The van der Waals surface area contributed by atoms with Gasteiger partial charge < -0.3 is 0 Å². The molecule has 0 unspecified atom stereocenters. The van der Waals surface area contributed by atoms with Gasteiger partial charge in [-0.15, -0.1) is 0 Å². The van der Waals surface area contributed by atoms with Crippen LogP contribution in [0.1, 0.15) is 0 Å². The van der Waals surface area contributed by atoms with E-state index in [0.29, 0.717) is 0 Å². The molecule has 2 heteroatoms. The molecule has 0 aromatic rings. The van der Waals surface area contributed by atoms with E-state index in [1.54, 1.807) is 4.97 Å². The van der Waals surface area contributed by atoms with Crippen molar-refractivity contribution in [3.8, 4) is 4.97 Å². The Balaban J connectivity index is 3.16. The van der Waals surface area contributed by atoms with Crippen molar-refractivity contribution in [3.05, 3.63) is 17.3 Å². The summed E-state index contributed by atoms with van der Waals surface area (Å²) in [5.74, 6) is 0. The van der Waals surface area contributed by atoms with Gasteiger partial charge in [-0.1, -0.05) is 0 Å². The van der Waals surface area contributed by atoms with Crippen molar-refractivity contribution in [2.24, 2.45) is 0 Å². The second kappa shape index (κ2) is 4.53. The van der Waals surface area contributed by atoms with Crippen LogP contribution in [0.15, 0.2) is 17.3 Å². The molecule has 0 saturated carbocycles. The molecule has 0 aromatic heterocycles. The average Bonchev–Trinajstić information content (AvgIpc) is 1.61. The number of hydrogen-bond acceptors (Lipinski definition) is 1. The molecule has 0 radical (unpaired) electrons.